The van der Waals surface area contributed by atoms with Crippen LogP contribution in [0.4, 0.5) is 0 Å². The molecule has 1 unspecified atom stereocenters. The summed E-state index contributed by atoms with van der Waals surface area (Å²) in [5.74, 6) is -0.0562. The molecular weight excluding hydrogens is 188 g/mol. The molecule has 1 aliphatic rings. The molecule has 1 atom stereocenters. The first kappa shape index (κ1) is 12.4. The van der Waals surface area contributed by atoms with Crippen LogP contribution in [0.1, 0.15) is 53.4 Å². The van der Waals surface area contributed by atoms with E-state index in [-0.39, 0.29) is 11.2 Å². The second kappa shape index (κ2) is 4.48. The van der Waals surface area contributed by atoms with Crippen LogP contribution in [0, 0.1) is 5.41 Å². The molecule has 0 bridgehead atoms. The number of carbonyl (C=O) groups excluding carboxylic acids is 1. The van der Waals surface area contributed by atoms with Crippen LogP contribution in [0.5, 0.6) is 0 Å². The van der Waals surface area contributed by atoms with Crippen molar-refractivity contribution in [2.45, 2.75) is 59.5 Å². The highest BCUT2D eigenvalue weighted by Crippen LogP contribution is 2.41. The number of allylic oxidation sites excluding steroid dienone is 1. The molecule has 1 aliphatic carbocycles. The third-order valence-electron chi connectivity index (χ3n) is 3.47. The lowest BCUT2D eigenvalue weighted by Gasteiger charge is -2.36. The molecule has 86 valence electrons. The first-order valence-corrected chi connectivity index (χ1v) is 5.81. The van der Waals surface area contributed by atoms with Gasteiger partial charge in [-0.3, -0.25) is 4.79 Å². The third kappa shape index (κ3) is 2.49. The second-order valence-electron chi connectivity index (χ2n) is 5.15. The van der Waals surface area contributed by atoms with E-state index < -0.39 is 6.10 Å². The van der Waals surface area contributed by atoms with Gasteiger partial charge in [-0.15, -0.1) is 0 Å². The van der Waals surface area contributed by atoms with Crippen LogP contribution in [-0.4, -0.2) is 17.0 Å². The standard InChI is InChI=1S/C13H22O2/c1-5-10(14)12(15)11-9(2)7-6-8-13(11,3)4/h12,15H,5-8H2,1-4H3. The summed E-state index contributed by atoms with van der Waals surface area (Å²) in [5.41, 5.74) is 2.16. The minimum absolute atomic E-state index is 0.0213. The highest BCUT2D eigenvalue weighted by molar-refractivity contribution is 5.86. The van der Waals surface area contributed by atoms with Crippen LogP contribution < -0.4 is 0 Å². The van der Waals surface area contributed by atoms with Gasteiger partial charge in [0.15, 0.2) is 5.78 Å². The molecule has 2 heteroatoms. The quantitative estimate of drug-likeness (QED) is 0.727. The normalized spacial score (nSPS) is 22.7. The maximum atomic E-state index is 11.6. The summed E-state index contributed by atoms with van der Waals surface area (Å²) in [4.78, 5) is 11.6. The van der Waals surface area contributed by atoms with Crippen molar-refractivity contribution >= 4 is 5.78 Å². The zero-order valence-electron chi connectivity index (χ0n) is 10.3. The van der Waals surface area contributed by atoms with E-state index >= 15 is 0 Å². The van der Waals surface area contributed by atoms with Gasteiger partial charge in [-0.25, -0.2) is 0 Å². The lowest BCUT2D eigenvalue weighted by Crippen LogP contribution is -2.33. The Morgan fingerprint density at radius 2 is 2.13 bits per heavy atom. The Bertz CT molecular complexity index is 287. The fourth-order valence-corrected chi connectivity index (χ4v) is 2.60. The van der Waals surface area contributed by atoms with E-state index in [0.29, 0.717) is 6.42 Å². The van der Waals surface area contributed by atoms with Gasteiger partial charge in [-0.1, -0.05) is 26.3 Å². The van der Waals surface area contributed by atoms with E-state index in [2.05, 4.69) is 13.8 Å². The first-order chi connectivity index (χ1) is 6.90. The van der Waals surface area contributed by atoms with Crippen molar-refractivity contribution in [3.8, 4) is 0 Å². The molecule has 0 aromatic carbocycles. The Labute approximate surface area is 92.4 Å². The first-order valence-electron chi connectivity index (χ1n) is 5.81. The minimum Gasteiger partial charge on any atom is -0.381 e. The second-order valence-corrected chi connectivity index (χ2v) is 5.15. The smallest absolute Gasteiger partial charge is 0.165 e. The Morgan fingerprint density at radius 1 is 1.53 bits per heavy atom. The lowest BCUT2D eigenvalue weighted by atomic mass is 9.70. The Morgan fingerprint density at radius 3 is 2.60 bits per heavy atom. The fourth-order valence-electron chi connectivity index (χ4n) is 2.60. The summed E-state index contributed by atoms with van der Waals surface area (Å²) in [6.07, 6.45) is 2.79. The van der Waals surface area contributed by atoms with Gasteiger partial charge in [-0.2, -0.15) is 0 Å². The highest BCUT2D eigenvalue weighted by Gasteiger charge is 2.34. The van der Waals surface area contributed by atoms with Gasteiger partial charge in [0.2, 0.25) is 0 Å². The molecule has 0 aromatic heterocycles. The van der Waals surface area contributed by atoms with Gasteiger partial charge < -0.3 is 5.11 Å². The van der Waals surface area contributed by atoms with Gasteiger partial charge in [-0.05, 0) is 37.2 Å². The summed E-state index contributed by atoms with van der Waals surface area (Å²) in [5, 5.41) is 10.0. The SMILES string of the molecule is CCC(=O)C(O)C1=C(C)CCCC1(C)C. The number of carbonyl (C=O) groups is 1. The lowest BCUT2D eigenvalue weighted by molar-refractivity contribution is -0.125. The molecule has 0 saturated carbocycles. The van der Waals surface area contributed by atoms with Gasteiger partial charge >= 0.3 is 0 Å². The predicted octanol–water partition coefficient (Wildman–Crippen LogP) is 2.85. The topological polar surface area (TPSA) is 37.3 Å². The van der Waals surface area contributed by atoms with Crippen molar-refractivity contribution in [3.63, 3.8) is 0 Å². The van der Waals surface area contributed by atoms with Crippen LogP contribution in [0.25, 0.3) is 0 Å². The highest BCUT2D eigenvalue weighted by atomic mass is 16.3. The molecule has 1 rings (SSSR count). The van der Waals surface area contributed by atoms with Crippen molar-refractivity contribution in [1.82, 2.24) is 0 Å². The van der Waals surface area contributed by atoms with E-state index in [1.54, 1.807) is 6.92 Å². The average Bonchev–Trinajstić information content (AvgIpc) is 2.14. The molecule has 0 saturated heterocycles. The monoisotopic (exact) mass is 210 g/mol. The summed E-state index contributed by atoms with van der Waals surface area (Å²) in [6, 6.07) is 0. The van der Waals surface area contributed by atoms with E-state index in [4.69, 9.17) is 0 Å². The van der Waals surface area contributed by atoms with Gasteiger partial charge in [0.25, 0.3) is 0 Å². The van der Waals surface area contributed by atoms with Crippen molar-refractivity contribution in [1.29, 1.82) is 0 Å². The molecule has 2 nitrogen and oxygen atoms in total. The van der Waals surface area contributed by atoms with E-state index in [0.717, 1.165) is 24.8 Å². The zero-order valence-corrected chi connectivity index (χ0v) is 10.3. The molecular formula is C13H22O2. The maximum absolute atomic E-state index is 11.6. The molecule has 0 radical (unpaired) electrons. The molecule has 1 N–H and O–H groups in total. The minimum atomic E-state index is -0.870. The van der Waals surface area contributed by atoms with Gasteiger partial charge in [0.1, 0.15) is 6.10 Å². The summed E-state index contributed by atoms with van der Waals surface area (Å²) < 4.78 is 0. The van der Waals surface area contributed by atoms with Crippen LogP contribution >= 0.6 is 0 Å². The summed E-state index contributed by atoms with van der Waals surface area (Å²) in [6.45, 7) is 8.09. The predicted molar refractivity (Wildman–Crippen MR) is 61.6 cm³/mol. The van der Waals surface area contributed by atoms with Crippen molar-refractivity contribution in [2.24, 2.45) is 5.41 Å². The Kier molecular flexibility index (Phi) is 3.72. The molecule has 0 spiro atoms. The largest absolute Gasteiger partial charge is 0.381 e. The average molecular weight is 210 g/mol. The Hall–Kier alpha value is -0.630. The fraction of sp³-hybridized carbons (Fsp3) is 0.769. The Balaban J connectivity index is 3.03. The maximum Gasteiger partial charge on any atom is 0.165 e. The van der Waals surface area contributed by atoms with Crippen molar-refractivity contribution in [2.75, 3.05) is 0 Å². The number of aliphatic hydroxyl groups excluding tert-OH is 1. The number of aliphatic hydroxyl groups is 1. The molecule has 0 amide bonds. The number of Topliss-reactive ketones (excluding diaryl/α,β-unsaturated/α-hetero) is 1. The van der Waals surface area contributed by atoms with Crippen molar-refractivity contribution in [3.05, 3.63) is 11.1 Å². The van der Waals surface area contributed by atoms with Crippen LogP contribution in [-0.2, 0) is 4.79 Å². The van der Waals surface area contributed by atoms with Gasteiger partial charge in [0, 0.05) is 6.42 Å². The number of ketones is 1. The van der Waals surface area contributed by atoms with Crippen molar-refractivity contribution < 1.29 is 9.90 Å². The molecule has 0 aromatic rings. The molecule has 15 heavy (non-hydrogen) atoms. The number of rotatable bonds is 3. The van der Waals surface area contributed by atoms with Gasteiger partial charge in [0.05, 0.1) is 0 Å². The number of hydrogen-bond donors (Lipinski definition) is 1. The third-order valence-corrected chi connectivity index (χ3v) is 3.47. The van der Waals surface area contributed by atoms with Crippen LogP contribution in [0.2, 0.25) is 0 Å². The summed E-state index contributed by atoms with van der Waals surface area (Å²) in [7, 11) is 0. The van der Waals surface area contributed by atoms with Crippen LogP contribution in [0.15, 0.2) is 11.1 Å². The number of hydrogen-bond acceptors (Lipinski definition) is 2. The van der Waals surface area contributed by atoms with E-state index in [9.17, 15) is 9.90 Å². The molecule has 0 fully saturated rings. The molecule has 0 aliphatic heterocycles. The zero-order chi connectivity index (χ0) is 11.6. The van der Waals surface area contributed by atoms with E-state index in [1.165, 1.54) is 5.57 Å². The van der Waals surface area contributed by atoms with E-state index in [1.807, 2.05) is 6.92 Å². The molecule has 0 heterocycles. The van der Waals surface area contributed by atoms with Crippen LogP contribution in [0.3, 0.4) is 0 Å². The summed E-state index contributed by atoms with van der Waals surface area (Å²) >= 11 is 0.